The Morgan fingerprint density at radius 3 is 2.89 bits per heavy atom. The molecule has 0 amide bonds. The molecule has 3 aromatic heterocycles. The summed E-state index contributed by atoms with van der Waals surface area (Å²) in [5.41, 5.74) is 1.49. The number of nitrogens with zero attached hydrogens (tertiary/aromatic N) is 3. The molecular formula is C19H20N4O4S. The predicted molar refractivity (Wildman–Crippen MR) is 105 cm³/mol. The fraction of sp³-hybridized carbons (Fsp3) is 0.368. The number of hydrogen-bond acceptors (Lipinski definition) is 9. The number of methoxy groups -OCH3 is 1. The number of carbonyl (C=O) groups is 1. The second-order valence-corrected chi connectivity index (χ2v) is 7.36. The van der Waals surface area contributed by atoms with Gasteiger partial charge in [0.15, 0.2) is 0 Å². The van der Waals surface area contributed by atoms with Crippen LogP contribution in [-0.4, -0.2) is 47.3 Å². The molecule has 0 saturated carbocycles. The number of aryl methyl sites for hydroxylation is 1. The largest absolute Gasteiger partial charge is 0.473 e. The summed E-state index contributed by atoms with van der Waals surface area (Å²) in [5, 5.41) is 4.09. The molecule has 9 heteroatoms. The standard InChI is InChI=1S/C19H20N4O4S/c1-11-14-16(21-10-22-18(14)28-15(11)19(24)25-2)23-13-4-3-7-20-17(13)27-12-5-8-26-9-6-12/h3-4,7,10,12H,5-6,8-9H2,1-2H3,(H,21,22,23). The van der Waals surface area contributed by atoms with Crippen molar-refractivity contribution in [3.63, 3.8) is 0 Å². The van der Waals surface area contributed by atoms with Gasteiger partial charge in [0.2, 0.25) is 5.88 Å². The molecule has 146 valence electrons. The quantitative estimate of drug-likeness (QED) is 0.651. The summed E-state index contributed by atoms with van der Waals surface area (Å²) in [7, 11) is 1.37. The van der Waals surface area contributed by atoms with Crippen molar-refractivity contribution < 1.29 is 19.0 Å². The van der Waals surface area contributed by atoms with E-state index in [-0.39, 0.29) is 12.1 Å². The van der Waals surface area contributed by atoms with Crippen molar-refractivity contribution in [1.29, 1.82) is 0 Å². The zero-order valence-corrected chi connectivity index (χ0v) is 16.4. The zero-order chi connectivity index (χ0) is 19.5. The third-order valence-corrected chi connectivity index (χ3v) is 5.75. The van der Waals surface area contributed by atoms with Crippen LogP contribution in [0.15, 0.2) is 24.7 Å². The van der Waals surface area contributed by atoms with E-state index in [1.54, 1.807) is 6.20 Å². The minimum absolute atomic E-state index is 0.0726. The molecule has 0 aromatic carbocycles. The molecule has 1 aliphatic rings. The molecule has 1 saturated heterocycles. The number of thiophene rings is 1. The van der Waals surface area contributed by atoms with Crippen molar-refractivity contribution >= 4 is 39.0 Å². The van der Waals surface area contributed by atoms with Crippen molar-refractivity contribution in [2.75, 3.05) is 25.6 Å². The van der Waals surface area contributed by atoms with Gasteiger partial charge in [-0.2, -0.15) is 0 Å². The SMILES string of the molecule is COC(=O)c1sc2ncnc(Nc3cccnc3OC3CCOCC3)c2c1C. The number of rotatable bonds is 5. The molecule has 0 atom stereocenters. The lowest BCUT2D eigenvalue weighted by Gasteiger charge is -2.23. The number of aromatic nitrogens is 3. The highest BCUT2D eigenvalue weighted by Crippen LogP contribution is 2.36. The van der Waals surface area contributed by atoms with Crippen LogP contribution in [-0.2, 0) is 9.47 Å². The monoisotopic (exact) mass is 400 g/mol. The van der Waals surface area contributed by atoms with Crippen LogP contribution in [0.4, 0.5) is 11.5 Å². The number of anilines is 2. The Labute approximate surface area is 165 Å². The highest BCUT2D eigenvalue weighted by Gasteiger charge is 2.21. The number of hydrogen-bond donors (Lipinski definition) is 1. The summed E-state index contributed by atoms with van der Waals surface area (Å²) in [5.74, 6) is 0.734. The Morgan fingerprint density at radius 1 is 1.29 bits per heavy atom. The molecule has 0 bridgehead atoms. The van der Waals surface area contributed by atoms with Crippen LogP contribution in [0, 0.1) is 6.92 Å². The molecule has 1 fully saturated rings. The molecule has 0 radical (unpaired) electrons. The van der Waals surface area contributed by atoms with Crippen LogP contribution in [0.3, 0.4) is 0 Å². The Hall–Kier alpha value is -2.78. The molecule has 3 aromatic rings. The van der Waals surface area contributed by atoms with Gasteiger partial charge in [-0.3, -0.25) is 0 Å². The predicted octanol–water partition coefficient (Wildman–Crippen LogP) is 3.48. The van der Waals surface area contributed by atoms with E-state index >= 15 is 0 Å². The number of pyridine rings is 1. The van der Waals surface area contributed by atoms with Gasteiger partial charge in [0.05, 0.1) is 25.7 Å². The van der Waals surface area contributed by atoms with Gasteiger partial charge in [-0.15, -0.1) is 11.3 Å². The van der Waals surface area contributed by atoms with Crippen molar-refractivity contribution in [2.24, 2.45) is 0 Å². The summed E-state index contributed by atoms with van der Waals surface area (Å²) >= 11 is 1.29. The average Bonchev–Trinajstić information content (AvgIpc) is 3.07. The minimum atomic E-state index is -0.378. The van der Waals surface area contributed by atoms with Crippen molar-refractivity contribution in [3.05, 3.63) is 35.1 Å². The lowest BCUT2D eigenvalue weighted by atomic mass is 10.1. The maximum atomic E-state index is 12.0. The van der Waals surface area contributed by atoms with E-state index in [1.165, 1.54) is 24.8 Å². The molecule has 8 nitrogen and oxygen atoms in total. The first-order chi connectivity index (χ1) is 13.7. The van der Waals surface area contributed by atoms with Crippen LogP contribution in [0.1, 0.15) is 28.1 Å². The Morgan fingerprint density at radius 2 is 2.11 bits per heavy atom. The second kappa shape index (κ2) is 8.07. The average molecular weight is 400 g/mol. The molecular weight excluding hydrogens is 380 g/mol. The van der Waals surface area contributed by atoms with Gasteiger partial charge < -0.3 is 19.5 Å². The number of fused-ring (bicyclic) bond motifs is 1. The van der Waals surface area contributed by atoms with E-state index in [0.29, 0.717) is 40.3 Å². The molecule has 0 aliphatic carbocycles. The topological polar surface area (TPSA) is 95.5 Å². The normalized spacial score (nSPS) is 14.8. The molecule has 1 aliphatic heterocycles. The summed E-state index contributed by atoms with van der Waals surface area (Å²) in [6, 6.07) is 3.72. The fourth-order valence-corrected chi connectivity index (χ4v) is 4.18. The molecule has 0 spiro atoms. The van der Waals surface area contributed by atoms with E-state index in [9.17, 15) is 4.79 Å². The first-order valence-corrected chi connectivity index (χ1v) is 9.78. The van der Waals surface area contributed by atoms with Crippen LogP contribution in [0.5, 0.6) is 5.88 Å². The zero-order valence-electron chi connectivity index (χ0n) is 15.6. The number of carbonyl (C=O) groups excluding carboxylic acids is 1. The minimum Gasteiger partial charge on any atom is -0.473 e. The molecule has 4 heterocycles. The third kappa shape index (κ3) is 3.63. The van der Waals surface area contributed by atoms with Crippen molar-refractivity contribution in [1.82, 2.24) is 15.0 Å². The van der Waals surface area contributed by atoms with Crippen LogP contribution in [0.25, 0.3) is 10.2 Å². The van der Waals surface area contributed by atoms with Crippen LogP contribution >= 0.6 is 11.3 Å². The van der Waals surface area contributed by atoms with Crippen LogP contribution < -0.4 is 10.1 Å². The summed E-state index contributed by atoms with van der Waals surface area (Å²) in [6.07, 6.45) is 4.90. The van der Waals surface area contributed by atoms with E-state index in [0.717, 1.165) is 23.8 Å². The van der Waals surface area contributed by atoms with E-state index in [4.69, 9.17) is 14.2 Å². The van der Waals surface area contributed by atoms with Crippen molar-refractivity contribution in [3.8, 4) is 5.88 Å². The van der Waals surface area contributed by atoms with Gasteiger partial charge in [-0.25, -0.2) is 19.7 Å². The lowest BCUT2D eigenvalue weighted by Crippen LogP contribution is -2.26. The lowest BCUT2D eigenvalue weighted by molar-refractivity contribution is 0.0240. The molecule has 28 heavy (non-hydrogen) atoms. The van der Waals surface area contributed by atoms with E-state index in [1.807, 2.05) is 19.1 Å². The molecule has 1 N–H and O–H groups in total. The Bertz CT molecular complexity index is 1000. The van der Waals surface area contributed by atoms with Gasteiger partial charge in [-0.05, 0) is 24.6 Å². The van der Waals surface area contributed by atoms with Gasteiger partial charge >= 0.3 is 5.97 Å². The maximum absolute atomic E-state index is 12.0. The van der Waals surface area contributed by atoms with Crippen molar-refractivity contribution in [2.45, 2.75) is 25.9 Å². The Kier molecular flexibility index (Phi) is 5.36. The maximum Gasteiger partial charge on any atom is 0.348 e. The number of nitrogens with one attached hydrogen (secondary N) is 1. The van der Waals surface area contributed by atoms with E-state index < -0.39 is 0 Å². The summed E-state index contributed by atoms with van der Waals surface area (Å²) in [6.45, 7) is 3.25. The summed E-state index contributed by atoms with van der Waals surface area (Å²) < 4.78 is 16.4. The van der Waals surface area contributed by atoms with Gasteiger partial charge in [-0.1, -0.05) is 0 Å². The smallest absolute Gasteiger partial charge is 0.348 e. The van der Waals surface area contributed by atoms with Gasteiger partial charge in [0.25, 0.3) is 0 Å². The highest BCUT2D eigenvalue weighted by molar-refractivity contribution is 7.20. The third-order valence-electron chi connectivity index (χ3n) is 4.57. The second-order valence-electron chi connectivity index (χ2n) is 6.36. The van der Waals surface area contributed by atoms with Gasteiger partial charge in [0, 0.05) is 19.0 Å². The highest BCUT2D eigenvalue weighted by atomic mass is 32.1. The number of ether oxygens (including phenoxy) is 3. The fourth-order valence-electron chi connectivity index (χ4n) is 3.11. The van der Waals surface area contributed by atoms with E-state index in [2.05, 4.69) is 20.3 Å². The Balaban J connectivity index is 1.67. The first kappa shape index (κ1) is 18.6. The first-order valence-electron chi connectivity index (χ1n) is 8.96. The summed E-state index contributed by atoms with van der Waals surface area (Å²) in [4.78, 5) is 26.3. The number of esters is 1. The molecule has 4 rings (SSSR count). The van der Waals surface area contributed by atoms with Gasteiger partial charge in [0.1, 0.15) is 33.6 Å². The van der Waals surface area contributed by atoms with Crippen LogP contribution in [0.2, 0.25) is 0 Å². The molecule has 0 unspecified atom stereocenters.